The van der Waals surface area contributed by atoms with Crippen LogP contribution in [0.3, 0.4) is 0 Å². The van der Waals surface area contributed by atoms with Crippen molar-refractivity contribution in [2.45, 2.75) is 20.4 Å². The van der Waals surface area contributed by atoms with Gasteiger partial charge in [0, 0.05) is 0 Å². The van der Waals surface area contributed by atoms with Gasteiger partial charge in [-0.3, -0.25) is 0 Å². The van der Waals surface area contributed by atoms with E-state index in [0.29, 0.717) is 13.7 Å². The molecule has 4 heteroatoms. The average molecular weight is 200 g/mol. The van der Waals surface area contributed by atoms with E-state index in [1.165, 1.54) is 6.11 Å². The fourth-order valence-electron chi connectivity index (χ4n) is 1.17. The van der Waals surface area contributed by atoms with Crippen molar-refractivity contribution in [3.05, 3.63) is 35.7 Å². The van der Waals surface area contributed by atoms with E-state index < -0.39 is 0 Å². The summed E-state index contributed by atoms with van der Waals surface area (Å²) in [6.07, 6.45) is 3.05. The summed E-state index contributed by atoms with van der Waals surface area (Å²) in [5.74, 6) is 0. The first-order valence-electron chi connectivity index (χ1n) is 4.70. The Kier molecular flexibility index (Phi) is 4.09. The Morgan fingerprint density at radius 3 is 3.07 bits per heavy atom. The van der Waals surface area contributed by atoms with Gasteiger partial charge in [-0.25, -0.2) is 0 Å². The van der Waals surface area contributed by atoms with Crippen LogP contribution < -0.4 is 0 Å². The molecule has 0 aliphatic rings. The third-order valence-corrected chi connectivity index (χ3v) is 2.11. The van der Waals surface area contributed by atoms with Crippen LogP contribution in [0.5, 0.6) is 0 Å². The molecule has 1 heterocycles. The monoisotopic (exact) mass is 200 g/mol. The van der Waals surface area contributed by atoms with Crippen LogP contribution >= 0.6 is 0 Å². The molecule has 0 amide bonds. The van der Waals surface area contributed by atoms with Crippen LogP contribution in [0.4, 0.5) is 0 Å². The number of aromatic nitrogens is 1. The second-order valence-corrected chi connectivity index (χ2v) is 3.37. The normalized spacial score (nSPS) is 10.3. The van der Waals surface area contributed by atoms with Gasteiger partial charge in [0.25, 0.3) is 0 Å². The van der Waals surface area contributed by atoms with Gasteiger partial charge in [0.1, 0.15) is 0 Å². The van der Waals surface area contributed by atoms with Gasteiger partial charge in [-0.2, -0.15) is 0 Å². The number of allylic oxidation sites excluding steroid dienone is 1. The van der Waals surface area contributed by atoms with Crippen molar-refractivity contribution in [2.75, 3.05) is 0 Å². The maximum absolute atomic E-state index is 10.1. The van der Waals surface area contributed by atoms with E-state index >= 15 is 0 Å². The van der Waals surface area contributed by atoms with E-state index in [0.717, 1.165) is 22.4 Å². The Morgan fingerprint density at radius 2 is 2.47 bits per heavy atom. The number of rotatable bonds is 4. The molecule has 0 N–H and O–H groups in total. The van der Waals surface area contributed by atoms with Crippen molar-refractivity contribution in [3.63, 3.8) is 0 Å². The molecule has 0 radical (unpaired) electrons. The zero-order valence-corrected chi connectivity index (χ0v) is 9.03. The molecule has 1 aromatic rings. The molecule has 0 fully saturated rings. The molecule has 0 bridgehead atoms. The first-order valence-corrected chi connectivity index (χ1v) is 4.70. The topological polar surface area (TPSA) is 42.3 Å². The van der Waals surface area contributed by atoms with E-state index in [1.807, 2.05) is 19.9 Å². The summed E-state index contributed by atoms with van der Waals surface area (Å²) in [4.78, 5) is 8.21. The van der Waals surface area contributed by atoms with Crippen LogP contribution in [-0.2, 0) is 11.2 Å². The number of hydrogen-bond donors (Lipinski definition) is 0. The summed E-state index contributed by atoms with van der Waals surface area (Å²) in [6, 6.07) is 2.01. The summed E-state index contributed by atoms with van der Waals surface area (Å²) >= 11 is 0. The van der Waals surface area contributed by atoms with Crippen molar-refractivity contribution < 1.29 is 4.70 Å². The minimum absolute atomic E-state index is 0.485. The number of hydrogen-bond acceptors (Lipinski definition) is 3. The molecule has 15 heavy (non-hydrogen) atoms. The second kappa shape index (κ2) is 5.34. The molecule has 0 aromatic carbocycles. The van der Waals surface area contributed by atoms with Crippen LogP contribution in [0, 0.1) is 6.92 Å². The fourth-order valence-corrected chi connectivity index (χ4v) is 1.17. The molecule has 3 nitrogen and oxygen atoms in total. The quantitative estimate of drug-likeness (QED) is 0.550. The summed E-state index contributed by atoms with van der Waals surface area (Å²) in [7, 11) is 0.672. The van der Waals surface area contributed by atoms with Gasteiger partial charge < -0.3 is 0 Å². The molecular weight excluding hydrogens is 187 g/mol. The van der Waals surface area contributed by atoms with Gasteiger partial charge in [0.05, 0.1) is 0 Å². The Morgan fingerprint density at radius 1 is 1.73 bits per heavy atom. The van der Waals surface area contributed by atoms with Crippen LogP contribution in [0.1, 0.15) is 23.7 Å². The molecule has 0 unspecified atom stereocenters. The van der Waals surface area contributed by atoms with E-state index in [-0.39, 0.29) is 0 Å². The molecule has 0 atom stereocenters. The first kappa shape index (κ1) is 11.5. The molecule has 0 saturated heterocycles. The number of aryl methyl sites for hydroxylation is 1. The summed E-state index contributed by atoms with van der Waals surface area (Å²) in [6.45, 7) is 8.20. The van der Waals surface area contributed by atoms with E-state index in [2.05, 4.69) is 16.6 Å². The van der Waals surface area contributed by atoms with Gasteiger partial charge in [-0.15, -0.1) is 0 Å². The van der Waals surface area contributed by atoms with E-state index in [4.69, 9.17) is 0 Å². The van der Waals surface area contributed by atoms with Crippen molar-refractivity contribution in [3.8, 4) is 0 Å². The number of nitrogens with zero attached hydrogens (tertiary/aromatic N) is 2. The van der Waals surface area contributed by atoms with Crippen molar-refractivity contribution in [2.24, 2.45) is 4.99 Å². The Hall–Kier alpha value is -1.58. The number of aliphatic imine (C=N–C) groups is 1. The summed E-state index contributed by atoms with van der Waals surface area (Å²) in [5, 5.41) is 0. The molecule has 0 spiro atoms. The summed E-state index contributed by atoms with van der Waals surface area (Å²) < 4.78 is 10.1. The van der Waals surface area contributed by atoms with Crippen molar-refractivity contribution in [1.82, 2.24) is 4.98 Å². The average Bonchev–Trinajstić information content (AvgIpc) is 2.20. The molecule has 0 saturated carbocycles. The van der Waals surface area contributed by atoms with E-state index in [9.17, 15) is 4.70 Å². The van der Waals surface area contributed by atoms with Crippen molar-refractivity contribution >= 4 is 18.8 Å². The predicted molar refractivity (Wildman–Crippen MR) is 62.3 cm³/mol. The summed E-state index contributed by atoms with van der Waals surface area (Å²) in [5.41, 5.74) is 3.94. The van der Waals surface area contributed by atoms with E-state index in [1.54, 1.807) is 6.20 Å². The van der Waals surface area contributed by atoms with Gasteiger partial charge in [-0.1, -0.05) is 0 Å². The Balaban J connectivity index is 2.94. The molecule has 1 aromatic heterocycles. The van der Waals surface area contributed by atoms with Crippen LogP contribution in [0.15, 0.2) is 23.8 Å². The fraction of sp³-hybridized carbons (Fsp3) is 0.273. The molecule has 76 valence electrons. The zero-order chi connectivity index (χ0) is 11.3. The first-order chi connectivity index (χ1) is 7.15. The van der Waals surface area contributed by atoms with Gasteiger partial charge in [-0.05, 0) is 0 Å². The van der Waals surface area contributed by atoms with Crippen LogP contribution in [0.25, 0.3) is 5.57 Å². The molecule has 0 aliphatic carbocycles. The zero-order valence-electron chi connectivity index (χ0n) is 9.03. The van der Waals surface area contributed by atoms with Crippen LogP contribution in [-0.4, -0.2) is 18.2 Å². The maximum atomic E-state index is 10.1. The van der Waals surface area contributed by atoms with Gasteiger partial charge >= 0.3 is 89.6 Å². The Labute approximate surface area is 90.2 Å². The minimum atomic E-state index is 0.485. The standard InChI is InChI=1S/C11H13BN2O/c1-8(2)10-4-11(5-13-7-12-15)9(3)14-6-10/h4,6-7H,1,5H2,2-3H3/b13-7+. The predicted octanol–water partition coefficient (Wildman–Crippen LogP) is 2.00. The number of pyridine rings is 1. The third kappa shape index (κ3) is 3.24. The van der Waals surface area contributed by atoms with Crippen molar-refractivity contribution in [1.29, 1.82) is 0 Å². The third-order valence-electron chi connectivity index (χ3n) is 2.11. The van der Waals surface area contributed by atoms with Gasteiger partial charge in [0.2, 0.25) is 0 Å². The molecule has 1 rings (SSSR count). The molecule has 0 aliphatic heterocycles. The van der Waals surface area contributed by atoms with Gasteiger partial charge in [0.15, 0.2) is 0 Å². The molecular formula is C11H13BN2O. The Bertz CT molecular complexity index is 413. The van der Waals surface area contributed by atoms with Crippen LogP contribution in [0.2, 0.25) is 0 Å². The SMILES string of the molecule is C=C(C)c1cnc(C)c(C/N=C/B=O)c1. The second-order valence-electron chi connectivity index (χ2n) is 3.37.